The van der Waals surface area contributed by atoms with Crippen LogP contribution in [-0.4, -0.2) is 17.3 Å². The van der Waals surface area contributed by atoms with Crippen molar-refractivity contribution >= 4 is 0 Å². The third-order valence-corrected chi connectivity index (χ3v) is 4.01. The van der Waals surface area contributed by atoms with E-state index in [1.165, 1.54) is 11.1 Å². The maximum Gasteiger partial charge on any atom is 0.122 e. The highest BCUT2D eigenvalue weighted by atomic mass is 16.5. The number of hydrogen-bond acceptors (Lipinski definition) is 2. The summed E-state index contributed by atoms with van der Waals surface area (Å²) in [6.07, 6.45) is 5.62. The van der Waals surface area contributed by atoms with Gasteiger partial charge in [0.15, 0.2) is 0 Å². The summed E-state index contributed by atoms with van der Waals surface area (Å²) in [4.78, 5) is 0. The quantitative estimate of drug-likeness (QED) is 0.835. The van der Waals surface area contributed by atoms with Crippen molar-refractivity contribution in [1.82, 2.24) is 0 Å². The van der Waals surface area contributed by atoms with Gasteiger partial charge in [-0.2, -0.15) is 0 Å². The van der Waals surface area contributed by atoms with Crippen molar-refractivity contribution in [3.8, 4) is 5.75 Å². The molecule has 0 aromatic heterocycles. The van der Waals surface area contributed by atoms with Crippen LogP contribution in [0.5, 0.6) is 5.75 Å². The minimum atomic E-state index is -0.482. The highest BCUT2D eigenvalue weighted by molar-refractivity contribution is 5.39. The van der Waals surface area contributed by atoms with Crippen LogP contribution in [0, 0.1) is 0 Å². The molecule has 0 bridgehead atoms. The third kappa shape index (κ3) is 3.05. The predicted molar refractivity (Wildman–Crippen MR) is 74.1 cm³/mol. The monoisotopic (exact) mass is 248 g/mol. The molecule has 1 N–H and O–H groups in total. The Kier molecular flexibility index (Phi) is 4.28. The second-order valence-electron chi connectivity index (χ2n) is 5.37. The van der Waals surface area contributed by atoms with Gasteiger partial charge in [-0.15, -0.1) is 0 Å². The maximum atomic E-state index is 10.5. The molecule has 0 amide bonds. The highest BCUT2D eigenvalue weighted by Crippen LogP contribution is 2.28. The Labute approximate surface area is 110 Å². The SMILES string of the molecule is CCCC(O)(CC)CCc1ccc2c(c1)CCO2. The Morgan fingerprint density at radius 2 is 2.11 bits per heavy atom. The third-order valence-electron chi connectivity index (χ3n) is 4.01. The Morgan fingerprint density at radius 3 is 2.83 bits per heavy atom. The smallest absolute Gasteiger partial charge is 0.122 e. The zero-order chi connectivity index (χ0) is 13.0. The second-order valence-corrected chi connectivity index (χ2v) is 5.37. The lowest BCUT2D eigenvalue weighted by atomic mass is 9.88. The van der Waals surface area contributed by atoms with E-state index in [-0.39, 0.29) is 0 Å². The average molecular weight is 248 g/mol. The largest absolute Gasteiger partial charge is 0.493 e. The Balaban J connectivity index is 1.97. The molecule has 2 nitrogen and oxygen atoms in total. The lowest BCUT2D eigenvalue weighted by Gasteiger charge is -2.26. The zero-order valence-corrected chi connectivity index (χ0v) is 11.5. The van der Waals surface area contributed by atoms with E-state index >= 15 is 0 Å². The second kappa shape index (κ2) is 5.75. The molecule has 18 heavy (non-hydrogen) atoms. The molecule has 1 aromatic rings. The number of ether oxygens (including phenoxy) is 1. The summed E-state index contributed by atoms with van der Waals surface area (Å²) in [7, 11) is 0. The standard InChI is InChI=1S/C16H24O2/c1-3-9-16(17,4-2)10-7-13-5-6-15-14(12-13)8-11-18-15/h5-6,12,17H,3-4,7-11H2,1-2H3. The molecule has 0 fully saturated rings. The summed E-state index contributed by atoms with van der Waals surface area (Å²) in [5.74, 6) is 1.04. The molecule has 100 valence electrons. The van der Waals surface area contributed by atoms with E-state index in [4.69, 9.17) is 4.74 Å². The van der Waals surface area contributed by atoms with Gasteiger partial charge < -0.3 is 9.84 Å². The summed E-state index contributed by atoms with van der Waals surface area (Å²) in [5, 5.41) is 10.5. The van der Waals surface area contributed by atoms with Crippen molar-refractivity contribution in [1.29, 1.82) is 0 Å². The number of hydrogen-bond donors (Lipinski definition) is 1. The minimum absolute atomic E-state index is 0.482. The lowest BCUT2D eigenvalue weighted by Crippen LogP contribution is -2.28. The van der Waals surface area contributed by atoms with Crippen LogP contribution in [0.15, 0.2) is 18.2 Å². The van der Waals surface area contributed by atoms with Gasteiger partial charge in [0.05, 0.1) is 12.2 Å². The van der Waals surface area contributed by atoms with Gasteiger partial charge in [-0.25, -0.2) is 0 Å². The van der Waals surface area contributed by atoms with Crippen LogP contribution in [0.4, 0.5) is 0 Å². The van der Waals surface area contributed by atoms with Gasteiger partial charge in [-0.05, 0) is 42.9 Å². The van der Waals surface area contributed by atoms with Crippen molar-refractivity contribution in [2.24, 2.45) is 0 Å². The van der Waals surface area contributed by atoms with Crippen LogP contribution in [0.25, 0.3) is 0 Å². The molecular weight excluding hydrogens is 224 g/mol. The van der Waals surface area contributed by atoms with Crippen LogP contribution in [0.3, 0.4) is 0 Å². The van der Waals surface area contributed by atoms with Gasteiger partial charge in [-0.1, -0.05) is 32.4 Å². The van der Waals surface area contributed by atoms with Crippen LogP contribution in [-0.2, 0) is 12.8 Å². The molecule has 0 saturated heterocycles. The molecule has 1 aliphatic rings. The molecule has 1 heterocycles. The van der Waals surface area contributed by atoms with Crippen LogP contribution < -0.4 is 4.74 Å². The molecule has 0 aliphatic carbocycles. The number of aryl methyl sites for hydroxylation is 1. The van der Waals surface area contributed by atoms with Gasteiger partial charge in [0, 0.05) is 6.42 Å². The normalized spacial score (nSPS) is 17.1. The van der Waals surface area contributed by atoms with Crippen molar-refractivity contribution in [2.75, 3.05) is 6.61 Å². The topological polar surface area (TPSA) is 29.5 Å². The summed E-state index contributed by atoms with van der Waals surface area (Å²) in [6.45, 7) is 5.02. The van der Waals surface area contributed by atoms with Crippen LogP contribution in [0.1, 0.15) is 50.7 Å². The first-order valence-electron chi connectivity index (χ1n) is 7.14. The van der Waals surface area contributed by atoms with Gasteiger partial charge >= 0.3 is 0 Å². The maximum absolute atomic E-state index is 10.5. The molecule has 1 aliphatic heterocycles. The van der Waals surface area contributed by atoms with Crippen molar-refractivity contribution in [2.45, 2.75) is 58.0 Å². The van der Waals surface area contributed by atoms with E-state index in [9.17, 15) is 5.11 Å². The number of benzene rings is 1. The summed E-state index contributed by atoms with van der Waals surface area (Å²) in [6, 6.07) is 6.44. The summed E-state index contributed by atoms with van der Waals surface area (Å²) >= 11 is 0. The van der Waals surface area contributed by atoms with Crippen molar-refractivity contribution in [3.63, 3.8) is 0 Å². The first-order chi connectivity index (χ1) is 8.67. The lowest BCUT2D eigenvalue weighted by molar-refractivity contribution is 0.0185. The number of aliphatic hydroxyl groups is 1. The fraction of sp³-hybridized carbons (Fsp3) is 0.625. The van der Waals surface area contributed by atoms with Gasteiger partial charge in [0.1, 0.15) is 5.75 Å². The predicted octanol–water partition coefficient (Wildman–Crippen LogP) is 3.50. The van der Waals surface area contributed by atoms with Gasteiger partial charge in [-0.3, -0.25) is 0 Å². The van der Waals surface area contributed by atoms with Crippen molar-refractivity contribution in [3.05, 3.63) is 29.3 Å². The van der Waals surface area contributed by atoms with E-state index in [1.54, 1.807) is 0 Å². The first-order valence-corrected chi connectivity index (χ1v) is 7.14. The van der Waals surface area contributed by atoms with E-state index in [0.717, 1.165) is 50.9 Å². The Bertz CT molecular complexity index is 400. The molecule has 2 heteroatoms. The Morgan fingerprint density at radius 1 is 1.28 bits per heavy atom. The zero-order valence-electron chi connectivity index (χ0n) is 11.5. The minimum Gasteiger partial charge on any atom is -0.493 e. The highest BCUT2D eigenvalue weighted by Gasteiger charge is 2.23. The molecular formula is C16H24O2. The first kappa shape index (κ1) is 13.4. The molecule has 2 rings (SSSR count). The van der Waals surface area contributed by atoms with E-state index in [1.807, 2.05) is 0 Å². The average Bonchev–Trinajstić information content (AvgIpc) is 2.84. The number of fused-ring (bicyclic) bond motifs is 1. The van der Waals surface area contributed by atoms with Crippen LogP contribution >= 0.6 is 0 Å². The summed E-state index contributed by atoms with van der Waals surface area (Å²) < 4.78 is 5.51. The fourth-order valence-corrected chi connectivity index (χ4v) is 2.72. The fourth-order valence-electron chi connectivity index (χ4n) is 2.72. The van der Waals surface area contributed by atoms with Gasteiger partial charge in [0.2, 0.25) is 0 Å². The molecule has 0 spiro atoms. The van der Waals surface area contributed by atoms with E-state index < -0.39 is 5.60 Å². The van der Waals surface area contributed by atoms with Crippen LogP contribution in [0.2, 0.25) is 0 Å². The Hall–Kier alpha value is -1.02. The number of rotatable bonds is 6. The van der Waals surface area contributed by atoms with E-state index in [0.29, 0.717) is 0 Å². The van der Waals surface area contributed by atoms with Gasteiger partial charge in [0.25, 0.3) is 0 Å². The molecule has 0 saturated carbocycles. The molecule has 1 atom stereocenters. The van der Waals surface area contributed by atoms with Crippen molar-refractivity contribution < 1.29 is 9.84 Å². The summed E-state index contributed by atoms with van der Waals surface area (Å²) in [5.41, 5.74) is 2.16. The van der Waals surface area contributed by atoms with E-state index in [2.05, 4.69) is 32.0 Å². The molecule has 1 unspecified atom stereocenters. The molecule has 1 aromatic carbocycles. The molecule has 0 radical (unpaired) electrons.